The number of allylic oxidation sites excluding steroid dienone is 1. The van der Waals surface area contributed by atoms with Crippen LogP contribution in [0.25, 0.3) is 0 Å². The van der Waals surface area contributed by atoms with Gasteiger partial charge >= 0.3 is 0 Å². The van der Waals surface area contributed by atoms with Crippen LogP contribution >= 0.6 is 11.6 Å². The van der Waals surface area contributed by atoms with Gasteiger partial charge in [-0.3, -0.25) is 0 Å². The summed E-state index contributed by atoms with van der Waals surface area (Å²) in [5, 5.41) is 3.35. The van der Waals surface area contributed by atoms with E-state index in [1.165, 1.54) is 0 Å². The Hall–Kier alpha value is -0.860. The van der Waals surface area contributed by atoms with Crippen LogP contribution in [0.4, 0.5) is 4.39 Å². The zero-order chi connectivity index (χ0) is 13.4. The highest BCUT2D eigenvalue weighted by atomic mass is 35.5. The molecule has 100 valence electrons. The summed E-state index contributed by atoms with van der Waals surface area (Å²) in [6.07, 6.45) is 7.28. The molecule has 0 bridgehead atoms. The standard InChI is InChI=1S/C15H21ClFN/c1-3-4-5-6-7-11-14(18-2)12-9-8-10-13(16)15(12)17/h3,8-10,14,18H,1,4-7,11H2,2H3. The number of unbranched alkanes of at least 4 members (excludes halogenated alkanes) is 3. The Morgan fingerprint density at radius 3 is 2.83 bits per heavy atom. The Labute approximate surface area is 114 Å². The number of rotatable bonds is 8. The smallest absolute Gasteiger partial charge is 0.146 e. The van der Waals surface area contributed by atoms with Crippen LogP contribution < -0.4 is 5.32 Å². The molecule has 0 aliphatic carbocycles. The van der Waals surface area contributed by atoms with Gasteiger partial charge in [0.15, 0.2) is 0 Å². The molecule has 0 fully saturated rings. The van der Waals surface area contributed by atoms with Gasteiger partial charge in [-0.25, -0.2) is 4.39 Å². The summed E-state index contributed by atoms with van der Waals surface area (Å²) in [6.45, 7) is 3.70. The van der Waals surface area contributed by atoms with E-state index in [2.05, 4.69) is 11.9 Å². The van der Waals surface area contributed by atoms with Gasteiger partial charge in [-0.15, -0.1) is 6.58 Å². The molecule has 1 rings (SSSR count). The van der Waals surface area contributed by atoms with Crippen molar-refractivity contribution in [1.29, 1.82) is 0 Å². The van der Waals surface area contributed by atoms with E-state index in [1.54, 1.807) is 18.2 Å². The summed E-state index contributed by atoms with van der Waals surface area (Å²) in [4.78, 5) is 0. The number of benzene rings is 1. The number of hydrogen-bond acceptors (Lipinski definition) is 1. The molecule has 0 aliphatic rings. The first-order chi connectivity index (χ1) is 8.70. The molecule has 1 N–H and O–H groups in total. The molecule has 1 atom stereocenters. The van der Waals surface area contributed by atoms with Crippen LogP contribution in [0.1, 0.15) is 43.7 Å². The van der Waals surface area contributed by atoms with Crippen molar-refractivity contribution >= 4 is 11.6 Å². The van der Waals surface area contributed by atoms with E-state index in [0.29, 0.717) is 5.56 Å². The molecule has 0 saturated heterocycles. The second-order valence-electron chi connectivity index (χ2n) is 4.41. The van der Waals surface area contributed by atoms with Crippen molar-refractivity contribution in [1.82, 2.24) is 5.32 Å². The van der Waals surface area contributed by atoms with Crippen molar-refractivity contribution in [2.45, 2.75) is 38.1 Å². The zero-order valence-electron chi connectivity index (χ0n) is 10.9. The second-order valence-corrected chi connectivity index (χ2v) is 4.82. The molecule has 0 spiro atoms. The maximum absolute atomic E-state index is 13.9. The summed E-state index contributed by atoms with van der Waals surface area (Å²) < 4.78 is 13.9. The molecule has 1 aromatic rings. The fourth-order valence-electron chi connectivity index (χ4n) is 2.06. The minimum Gasteiger partial charge on any atom is -0.313 e. The van der Waals surface area contributed by atoms with Gasteiger partial charge in [-0.05, 0) is 32.4 Å². The maximum atomic E-state index is 13.9. The van der Waals surface area contributed by atoms with Crippen LogP contribution in [-0.2, 0) is 0 Å². The molecule has 0 radical (unpaired) electrons. The molecule has 0 aromatic heterocycles. The molecule has 18 heavy (non-hydrogen) atoms. The van der Waals surface area contributed by atoms with Crippen molar-refractivity contribution in [3.63, 3.8) is 0 Å². The molecule has 0 amide bonds. The predicted molar refractivity (Wildman–Crippen MR) is 76.5 cm³/mol. The molecule has 0 aliphatic heterocycles. The number of hydrogen-bond donors (Lipinski definition) is 1. The molecule has 1 nitrogen and oxygen atoms in total. The van der Waals surface area contributed by atoms with Gasteiger partial charge in [0.05, 0.1) is 5.02 Å². The fourth-order valence-corrected chi connectivity index (χ4v) is 2.24. The van der Waals surface area contributed by atoms with E-state index >= 15 is 0 Å². The first-order valence-electron chi connectivity index (χ1n) is 6.42. The van der Waals surface area contributed by atoms with Gasteiger partial charge in [-0.1, -0.05) is 42.7 Å². The Morgan fingerprint density at radius 1 is 1.39 bits per heavy atom. The van der Waals surface area contributed by atoms with Crippen molar-refractivity contribution in [2.24, 2.45) is 0 Å². The summed E-state index contributed by atoms with van der Waals surface area (Å²) in [6, 6.07) is 5.21. The molecule has 1 aromatic carbocycles. The van der Waals surface area contributed by atoms with Crippen molar-refractivity contribution in [3.05, 3.63) is 47.3 Å². The Bertz CT molecular complexity index is 379. The largest absolute Gasteiger partial charge is 0.313 e. The minimum absolute atomic E-state index is 0.0347. The Morgan fingerprint density at radius 2 is 2.17 bits per heavy atom. The van der Waals surface area contributed by atoms with Gasteiger partial charge in [0.1, 0.15) is 5.82 Å². The van der Waals surface area contributed by atoms with Crippen LogP contribution in [0.2, 0.25) is 5.02 Å². The van der Waals surface area contributed by atoms with Crippen LogP contribution in [0.3, 0.4) is 0 Å². The third kappa shape index (κ3) is 4.43. The summed E-state index contributed by atoms with van der Waals surface area (Å²) in [7, 11) is 1.86. The molecule has 0 heterocycles. The fraction of sp³-hybridized carbons (Fsp3) is 0.467. The third-order valence-corrected chi connectivity index (χ3v) is 3.40. The predicted octanol–water partition coefficient (Wildman–Crippen LogP) is 4.88. The van der Waals surface area contributed by atoms with Crippen molar-refractivity contribution in [2.75, 3.05) is 7.05 Å². The lowest BCUT2D eigenvalue weighted by Crippen LogP contribution is -2.17. The highest BCUT2D eigenvalue weighted by Gasteiger charge is 2.15. The Balaban J connectivity index is 2.55. The van der Waals surface area contributed by atoms with Gasteiger partial charge in [0, 0.05) is 11.6 Å². The number of halogens is 2. The number of nitrogens with one attached hydrogen (secondary N) is 1. The van der Waals surface area contributed by atoms with Gasteiger partial charge in [0.2, 0.25) is 0 Å². The van der Waals surface area contributed by atoms with E-state index in [9.17, 15) is 4.39 Å². The molecule has 3 heteroatoms. The molecule has 1 unspecified atom stereocenters. The highest BCUT2D eigenvalue weighted by molar-refractivity contribution is 6.30. The van der Waals surface area contributed by atoms with E-state index in [4.69, 9.17) is 11.6 Å². The normalized spacial score (nSPS) is 12.4. The summed E-state index contributed by atoms with van der Waals surface area (Å²) >= 11 is 5.80. The Kier molecular flexibility index (Phi) is 6.99. The van der Waals surface area contributed by atoms with E-state index in [-0.39, 0.29) is 16.9 Å². The topological polar surface area (TPSA) is 12.0 Å². The lowest BCUT2D eigenvalue weighted by molar-refractivity contribution is 0.482. The SMILES string of the molecule is C=CCCCCCC(NC)c1cccc(Cl)c1F. The van der Waals surface area contributed by atoms with Crippen LogP contribution in [-0.4, -0.2) is 7.05 Å². The molecular weight excluding hydrogens is 249 g/mol. The molecule has 0 saturated carbocycles. The maximum Gasteiger partial charge on any atom is 0.146 e. The van der Waals surface area contributed by atoms with Crippen molar-refractivity contribution in [3.8, 4) is 0 Å². The van der Waals surface area contributed by atoms with E-state index in [1.807, 2.05) is 13.1 Å². The van der Waals surface area contributed by atoms with Crippen molar-refractivity contribution < 1.29 is 4.39 Å². The first kappa shape index (κ1) is 15.2. The quantitative estimate of drug-likeness (QED) is 0.524. The summed E-state index contributed by atoms with van der Waals surface area (Å²) in [5.74, 6) is -0.301. The highest BCUT2D eigenvalue weighted by Crippen LogP contribution is 2.26. The first-order valence-corrected chi connectivity index (χ1v) is 6.80. The third-order valence-electron chi connectivity index (χ3n) is 3.11. The average molecular weight is 270 g/mol. The minimum atomic E-state index is -0.301. The average Bonchev–Trinajstić information content (AvgIpc) is 2.38. The second kappa shape index (κ2) is 8.28. The zero-order valence-corrected chi connectivity index (χ0v) is 11.6. The lowest BCUT2D eigenvalue weighted by Gasteiger charge is -2.17. The summed E-state index contributed by atoms with van der Waals surface area (Å²) in [5.41, 5.74) is 0.661. The van der Waals surface area contributed by atoms with Gasteiger partial charge in [0.25, 0.3) is 0 Å². The van der Waals surface area contributed by atoms with Crippen LogP contribution in [0.15, 0.2) is 30.9 Å². The van der Waals surface area contributed by atoms with E-state index < -0.39 is 0 Å². The van der Waals surface area contributed by atoms with Gasteiger partial charge < -0.3 is 5.32 Å². The monoisotopic (exact) mass is 269 g/mol. The lowest BCUT2D eigenvalue weighted by atomic mass is 9.99. The van der Waals surface area contributed by atoms with E-state index in [0.717, 1.165) is 32.1 Å². The molecular formula is C15H21ClFN. The van der Waals surface area contributed by atoms with Gasteiger partial charge in [-0.2, -0.15) is 0 Å². The van der Waals surface area contributed by atoms with Crippen LogP contribution in [0, 0.1) is 5.82 Å². The van der Waals surface area contributed by atoms with Crippen LogP contribution in [0.5, 0.6) is 0 Å².